The Kier molecular flexibility index (Phi) is 5.58. The van der Waals surface area contributed by atoms with E-state index in [4.69, 9.17) is 5.73 Å². The zero-order valence-electron chi connectivity index (χ0n) is 15.0. The van der Waals surface area contributed by atoms with E-state index in [-0.39, 0.29) is 0 Å². The van der Waals surface area contributed by atoms with Crippen LogP contribution < -0.4 is 21.4 Å². The third kappa shape index (κ3) is 4.36. The molecule has 0 aromatic heterocycles. The van der Waals surface area contributed by atoms with Crippen molar-refractivity contribution >= 4 is 29.5 Å². The van der Waals surface area contributed by atoms with Crippen molar-refractivity contribution in [1.82, 2.24) is 5.09 Å². The van der Waals surface area contributed by atoms with Crippen LogP contribution in [0.15, 0.2) is 91.0 Å². The van der Waals surface area contributed by atoms with Gasteiger partial charge in [-0.15, -0.1) is 0 Å². The van der Waals surface area contributed by atoms with Gasteiger partial charge in [-0.25, -0.2) is 0 Å². The predicted octanol–water partition coefficient (Wildman–Crippen LogP) is 3.34. The number of hydrogen-bond donors (Lipinski definition) is 2. The van der Waals surface area contributed by atoms with Gasteiger partial charge in [0.25, 0.3) is 0 Å². The summed E-state index contributed by atoms with van der Waals surface area (Å²) in [4.78, 5) is 11.6. The summed E-state index contributed by atoms with van der Waals surface area (Å²) < 4.78 is 14.1. The number of carbonyl (C=O) groups excluding carboxylic acids is 1. The summed E-state index contributed by atoms with van der Waals surface area (Å²) in [6.45, 7) is 1.98. The van der Waals surface area contributed by atoms with Gasteiger partial charge in [0.05, 0.1) is 5.70 Å². The lowest BCUT2D eigenvalue weighted by Gasteiger charge is -2.23. The minimum Gasteiger partial charge on any atom is -0.366 e. The van der Waals surface area contributed by atoms with E-state index >= 15 is 0 Å². The van der Waals surface area contributed by atoms with Crippen LogP contribution in [0.2, 0.25) is 0 Å². The Hall–Kier alpha value is -3.10. The molecule has 3 N–H and O–H groups in total. The Morgan fingerprint density at radius 2 is 1.33 bits per heavy atom. The molecule has 0 atom stereocenters. The van der Waals surface area contributed by atoms with Crippen molar-refractivity contribution in [3.8, 4) is 0 Å². The number of rotatable bonds is 6. The number of carbonyl (C=O) groups is 1. The minimum atomic E-state index is -3.24. The average molecular weight is 376 g/mol. The number of primary amides is 1. The van der Waals surface area contributed by atoms with Crippen molar-refractivity contribution in [2.75, 3.05) is 0 Å². The Morgan fingerprint density at radius 1 is 0.852 bits per heavy atom. The van der Waals surface area contributed by atoms with Crippen LogP contribution in [0.1, 0.15) is 11.1 Å². The molecule has 5 heteroatoms. The van der Waals surface area contributed by atoms with E-state index in [1.54, 1.807) is 0 Å². The molecule has 0 aliphatic rings. The fourth-order valence-corrected chi connectivity index (χ4v) is 5.05. The highest BCUT2D eigenvalue weighted by Crippen LogP contribution is 2.41. The Balaban J connectivity index is 2.13. The van der Waals surface area contributed by atoms with E-state index < -0.39 is 13.2 Å². The van der Waals surface area contributed by atoms with Gasteiger partial charge in [0, 0.05) is 16.7 Å². The summed E-state index contributed by atoms with van der Waals surface area (Å²) in [5.41, 5.74) is 7.67. The van der Waals surface area contributed by atoms with E-state index in [2.05, 4.69) is 5.09 Å². The van der Waals surface area contributed by atoms with Gasteiger partial charge in [0.15, 0.2) is 0 Å². The number of hydrogen-bond acceptors (Lipinski definition) is 2. The second kappa shape index (κ2) is 8.07. The first-order valence-corrected chi connectivity index (χ1v) is 10.3. The first-order chi connectivity index (χ1) is 13.0. The van der Waals surface area contributed by atoms with Crippen molar-refractivity contribution in [3.63, 3.8) is 0 Å². The molecule has 0 aliphatic carbocycles. The molecule has 0 fully saturated rings. The monoisotopic (exact) mass is 376 g/mol. The molecule has 0 saturated heterocycles. The number of aryl methyl sites for hydroxylation is 1. The van der Waals surface area contributed by atoms with Crippen molar-refractivity contribution in [2.24, 2.45) is 5.73 Å². The Morgan fingerprint density at radius 3 is 1.78 bits per heavy atom. The van der Waals surface area contributed by atoms with Crippen molar-refractivity contribution in [3.05, 3.63) is 102 Å². The minimum absolute atomic E-state index is 0.429. The molecule has 27 heavy (non-hydrogen) atoms. The predicted molar refractivity (Wildman–Crippen MR) is 111 cm³/mol. The smallest absolute Gasteiger partial charge is 0.243 e. The lowest BCUT2D eigenvalue weighted by atomic mass is 10.1. The highest BCUT2D eigenvalue weighted by molar-refractivity contribution is 7.77. The topological polar surface area (TPSA) is 72.2 Å². The summed E-state index contributed by atoms with van der Waals surface area (Å²) in [5.74, 6) is -0.606. The van der Waals surface area contributed by atoms with E-state index in [0.717, 1.165) is 11.1 Å². The van der Waals surface area contributed by atoms with Crippen LogP contribution in [0.3, 0.4) is 0 Å². The zero-order chi connectivity index (χ0) is 19.3. The molecule has 0 aliphatic heterocycles. The number of benzene rings is 3. The molecule has 0 unspecified atom stereocenters. The second-order valence-corrected chi connectivity index (χ2v) is 8.69. The zero-order valence-corrected chi connectivity index (χ0v) is 15.9. The van der Waals surface area contributed by atoms with Crippen LogP contribution in [0.25, 0.3) is 5.70 Å². The maximum atomic E-state index is 14.1. The molecule has 3 aromatic rings. The van der Waals surface area contributed by atoms with Gasteiger partial charge >= 0.3 is 0 Å². The van der Waals surface area contributed by atoms with Crippen LogP contribution in [-0.4, -0.2) is 5.91 Å². The maximum absolute atomic E-state index is 14.1. The lowest BCUT2D eigenvalue weighted by molar-refractivity contribution is -0.113. The van der Waals surface area contributed by atoms with Gasteiger partial charge in [0.2, 0.25) is 13.2 Å². The first-order valence-electron chi connectivity index (χ1n) is 8.57. The molecule has 3 rings (SSSR count). The van der Waals surface area contributed by atoms with Gasteiger partial charge in [0.1, 0.15) is 0 Å². The van der Waals surface area contributed by atoms with Crippen molar-refractivity contribution < 1.29 is 9.36 Å². The molecule has 0 saturated carbocycles. The van der Waals surface area contributed by atoms with Gasteiger partial charge in [-0.3, -0.25) is 9.36 Å². The molecule has 3 aromatic carbocycles. The fraction of sp³-hybridized carbons (Fsp3) is 0.0455. The highest BCUT2D eigenvalue weighted by atomic mass is 31.2. The van der Waals surface area contributed by atoms with Crippen LogP contribution >= 0.6 is 7.29 Å². The molecule has 4 nitrogen and oxygen atoms in total. The van der Waals surface area contributed by atoms with Crippen LogP contribution in [0.5, 0.6) is 0 Å². The maximum Gasteiger partial charge on any atom is 0.243 e. The first kappa shape index (κ1) is 18.7. The van der Waals surface area contributed by atoms with E-state index in [1.165, 1.54) is 6.08 Å². The molecule has 136 valence electrons. The van der Waals surface area contributed by atoms with E-state index in [0.29, 0.717) is 16.3 Å². The molecule has 0 bridgehead atoms. The van der Waals surface area contributed by atoms with Crippen molar-refractivity contribution in [1.29, 1.82) is 0 Å². The summed E-state index contributed by atoms with van der Waals surface area (Å²) in [6, 6.07) is 26.0. The largest absolute Gasteiger partial charge is 0.366 e. The summed E-state index contributed by atoms with van der Waals surface area (Å²) in [6.07, 6.45) is 1.28. The SMILES string of the molecule is Cc1ccc(/C(=C/C(N)=O)NP(=O)(c2ccccc2)c2ccccc2)cc1. The van der Waals surface area contributed by atoms with E-state index in [9.17, 15) is 9.36 Å². The lowest BCUT2D eigenvalue weighted by Crippen LogP contribution is -2.27. The molecular weight excluding hydrogens is 355 g/mol. The Bertz CT molecular complexity index is 954. The number of nitrogens with one attached hydrogen (secondary N) is 1. The summed E-state index contributed by atoms with van der Waals surface area (Å²) >= 11 is 0. The van der Waals surface area contributed by atoms with Crippen LogP contribution in [0.4, 0.5) is 0 Å². The number of amides is 1. The van der Waals surface area contributed by atoms with Crippen LogP contribution in [0, 0.1) is 6.92 Å². The van der Waals surface area contributed by atoms with Gasteiger partial charge < -0.3 is 10.8 Å². The third-order valence-corrected chi connectivity index (χ3v) is 6.77. The average Bonchev–Trinajstić information content (AvgIpc) is 2.69. The quantitative estimate of drug-likeness (QED) is 0.512. The van der Waals surface area contributed by atoms with Gasteiger partial charge in [-0.2, -0.15) is 0 Å². The second-order valence-electron chi connectivity index (χ2n) is 6.22. The molecule has 0 spiro atoms. The standard InChI is InChI=1S/C22H21N2O2P/c1-17-12-14-18(15-13-17)21(16-22(23)25)24-27(26,19-8-4-2-5-9-19)20-10-6-3-7-11-20/h2-16H,1H3,(H2,23,25)(H,24,26)/b21-16-. The van der Waals surface area contributed by atoms with Crippen LogP contribution in [-0.2, 0) is 9.36 Å². The normalized spacial score (nSPS) is 11.8. The molecular formula is C22H21N2O2P. The summed E-state index contributed by atoms with van der Waals surface area (Å²) in [5, 5.41) is 4.45. The highest BCUT2D eigenvalue weighted by Gasteiger charge is 2.28. The molecule has 1 amide bonds. The third-order valence-electron chi connectivity index (χ3n) is 4.17. The number of nitrogens with two attached hydrogens (primary N) is 1. The summed E-state index contributed by atoms with van der Waals surface area (Å²) in [7, 11) is -3.24. The molecule has 0 radical (unpaired) electrons. The molecule has 0 heterocycles. The van der Waals surface area contributed by atoms with Crippen molar-refractivity contribution in [2.45, 2.75) is 6.92 Å². The Labute approximate surface area is 159 Å². The fourth-order valence-electron chi connectivity index (χ4n) is 2.78. The van der Waals surface area contributed by atoms with Gasteiger partial charge in [-0.05, 0) is 36.8 Å². The van der Waals surface area contributed by atoms with E-state index in [1.807, 2.05) is 91.9 Å². The van der Waals surface area contributed by atoms with Gasteiger partial charge in [-0.1, -0.05) is 66.2 Å².